The highest BCUT2D eigenvalue weighted by molar-refractivity contribution is 5.97. The lowest BCUT2D eigenvalue weighted by molar-refractivity contribution is -0.123. The molecule has 0 saturated carbocycles. The van der Waals surface area contributed by atoms with Crippen LogP contribution in [0.3, 0.4) is 0 Å². The summed E-state index contributed by atoms with van der Waals surface area (Å²) in [5, 5.41) is 5.04. The molecule has 160 valence electrons. The molecular weight excluding hydrogens is 396 g/mol. The van der Waals surface area contributed by atoms with Crippen molar-refractivity contribution in [3.05, 3.63) is 60.7 Å². The first kappa shape index (κ1) is 20.5. The highest BCUT2D eigenvalue weighted by Crippen LogP contribution is 2.33. The molecule has 1 fully saturated rings. The number of hydrogen-bond donors (Lipinski definition) is 1. The monoisotopic (exact) mass is 420 g/mol. The number of hydrogen-bond acceptors (Lipinski definition) is 5. The van der Waals surface area contributed by atoms with Crippen LogP contribution >= 0.6 is 0 Å². The molecule has 0 bridgehead atoms. The van der Waals surface area contributed by atoms with Crippen molar-refractivity contribution in [2.45, 2.75) is 12.5 Å². The van der Waals surface area contributed by atoms with Crippen LogP contribution in [0, 0.1) is 0 Å². The van der Waals surface area contributed by atoms with Gasteiger partial charge < -0.3 is 24.4 Å². The number of fused-ring (bicyclic) bond motifs is 1. The largest absolute Gasteiger partial charge is 0.493 e. The fraction of sp³-hybridized carbons (Fsp3) is 0.250. The van der Waals surface area contributed by atoms with Gasteiger partial charge in [0, 0.05) is 24.7 Å². The molecule has 31 heavy (non-hydrogen) atoms. The number of rotatable bonds is 7. The molecule has 1 N–H and O–H groups in total. The minimum atomic E-state index is -0.284. The van der Waals surface area contributed by atoms with E-state index in [1.165, 1.54) is 0 Å². The van der Waals surface area contributed by atoms with Crippen LogP contribution in [0.2, 0.25) is 0 Å². The SMILES string of the molecule is COc1ccc(N2CC(NC(=O)COc3ccc4ccccc4c3)CC2=O)cc1OC. The van der Waals surface area contributed by atoms with Crippen molar-refractivity contribution < 1.29 is 23.8 Å². The normalized spacial score (nSPS) is 15.7. The Morgan fingerprint density at radius 3 is 2.55 bits per heavy atom. The van der Waals surface area contributed by atoms with Crippen LogP contribution in [0.15, 0.2) is 60.7 Å². The van der Waals surface area contributed by atoms with Crippen molar-refractivity contribution in [1.82, 2.24) is 5.32 Å². The van der Waals surface area contributed by atoms with Crippen molar-refractivity contribution in [3.8, 4) is 17.2 Å². The number of carbonyl (C=O) groups excluding carboxylic acids is 2. The summed E-state index contributed by atoms with van der Waals surface area (Å²) in [5.41, 5.74) is 0.701. The molecule has 0 aromatic heterocycles. The second-order valence-corrected chi connectivity index (χ2v) is 7.31. The molecule has 4 rings (SSSR count). The number of nitrogens with one attached hydrogen (secondary N) is 1. The summed E-state index contributed by atoms with van der Waals surface area (Å²) in [6.45, 7) is 0.273. The molecule has 1 aliphatic rings. The molecule has 0 aliphatic carbocycles. The molecule has 3 aromatic carbocycles. The van der Waals surface area contributed by atoms with Crippen molar-refractivity contribution in [1.29, 1.82) is 0 Å². The molecule has 7 nitrogen and oxygen atoms in total. The summed E-state index contributed by atoms with van der Waals surface area (Å²) in [5.74, 6) is 1.44. The van der Waals surface area contributed by atoms with Gasteiger partial charge in [0.1, 0.15) is 5.75 Å². The molecule has 1 heterocycles. The second kappa shape index (κ2) is 8.95. The second-order valence-electron chi connectivity index (χ2n) is 7.31. The van der Waals surface area contributed by atoms with E-state index in [1.807, 2.05) is 42.5 Å². The predicted octanol–water partition coefficient (Wildman–Crippen LogP) is 3.16. The highest BCUT2D eigenvalue weighted by atomic mass is 16.5. The summed E-state index contributed by atoms with van der Waals surface area (Å²) in [7, 11) is 3.11. The predicted molar refractivity (Wildman–Crippen MR) is 118 cm³/mol. The van der Waals surface area contributed by atoms with Gasteiger partial charge in [0.2, 0.25) is 5.91 Å². The van der Waals surface area contributed by atoms with Gasteiger partial charge >= 0.3 is 0 Å². The Morgan fingerprint density at radius 1 is 1.00 bits per heavy atom. The zero-order valence-corrected chi connectivity index (χ0v) is 17.5. The van der Waals surface area contributed by atoms with Gasteiger partial charge in [0.25, 0.3) is 5.91 Å². The summed E-state index contributed by atoms with van der Waals surface area (Å²) in [6, 6.07) is 18.7. The van der Waals surface area contributed by atoms with E-state index in [1.54, 1.807) is 37.3 Å². The highest BCUT2D eigenvalue weighted by Gasteiger charge is 2.32. The first-order chi connectivity index (χ1) is 15.1. The van der Waals surface area contributed by atoms with Crippen LogP contribution in [0.4, 0.5) is 5.69 Å². The average molecular weight is 420 g/mol. The maximum Gasteiger partial charge on any atom is 0.258 e. The van der Waals surface area contributed by atoms with Crippen molar-refractivity contribution in [3.63, 3.8) is 0 Å². The number of ether oxygens (including phenoxy) is 3. The number of carbonyl (C=O) groups is 2. The Morgan fingerprint density at radius 2 is 1.77 bits per heavy atom. The first-order valence-electron chi connectivity index (χ1n) is 10.0. The van der Waals surface area contributed by atoms with Crippen LogP contribution in [0.5, 0.6) is 17.2 Å². The van der Waals surface area contributed by atoms with E-state index in [0.717, 1.165) is 10.8 Å². The summed E-state index contributed by atoms with van der Waals surface area (Å²) in [4.78, 5) is 26.5. The lowest BCUT2D eigenvalue weighted by Gasteiger charge is -2.19. The number of benzene rings is 3. The van der Waals surface area contributed by atoms with Gasteiger partial charge in [-0.05, 0) is 35.0 Å². The Bertz CT molecular complexity index is 1110. The fourth-order valence-electron chi connectivity index (χ4n) is 3.72. The van der Waals surface area contributed by atoms with Gasteiger partial charge in [-0.1, -0.05) is 30.3 Å². The number of anilines is 1. The minimum absolute atomic E-state index is 0.0621. The molecule has 2 amide bonds. The molecule has 1 unspecified atom stereocenters. The number of nitrogens with zero attached hydrogens (tertiary/aromatic N) is 1. The molecule has 1 aliphatic heterocycles. The average Bonchev–Trinajstić information content (AvgIpc) is 3.16. The Labute approximate surface area is 180 Å². The molecular formula is C24H24N2O5. The summed E-state index contributed by atoms with van der Waals surface area (Å²) < 4.78 is 16.2. The van der Waals surface area contributed by atoms with E-state index in [0.29, 0.717) is 29.5 Å². The van der Waals surface area contributed by atoms with Crippen molar-refractivity contribution in [2.24, 2.45) is 0 Å². The standard InChI is InChI=1S/C24H24N2O5/c1-29-21-10-8-19(13-22(21)30-2)26-14-18(12-24(26)28)25-23(27)15-31-20-9-7-16-5-3-4-6-17(16)11-20/h3-11,13,18H,12,14-15H2,1-2H3,(H,25,27). The van der Waals surface area contributed by atoms with Crippen molar-refractivity contribution in [2.75, 3.05) is 32.3 Å². The van der Waals surface area contributed by atoms with Gasteiger partial charge in [-0.15, -0.1) is 0 Å². The molecule has 0 radical (unpaired) electrons. The van der Waals surface area contributed by atoms with E-state index in [4.69, 9.17) is 14.2 Å². The van der Waals surface area contributed by atoms with Gasteiger partial charge in [-0.2, -0.15) is 0 Å². The van der Waals surface area contributed by atoms with E-state index in [-0.39, 0.29) is 30.9 Å². The maximum atomic E-state index is 12.5. The van der Waals surface area contributed by atoms with E-state index in [2.05, 4.69) is 5.32 Å². The van der Waals surface area contributed by atoms with Crippen LogP contribution in [0.1, 0.15) is 6.42 Å². The van der Waals surface area contributed by atoms with Gasteiger partial charge in [0.05, 0.1) is 20.3 Å². The smallest absolute Gasteiger partial charge is 0.258 e. The molecule has 1 atom stereocenters. The van der Waals surface area contributed by atoms with Gasteiger partial charge in [-0.25, -0.2) is 0 Å². The lowest BCUT2D eigenvalue weighted by atomic mass is 10.1. The van der Waals surface area contributed by atoms with Gasteiger partial charge in [-0.3, -0.25) is 9.59 Å². The third-order valence-corrected chi connectivity index (χ3v) is 5.26. The van der Waals surface area contributed by atoms with Crippen molar-refractivity contribution >= 4 is 28.3 Å². The topological polar surface area (TPSA) is 77.1 Å². The van der Waals surface area contributed by atoms with E-state index >= 15 is 0 Å². The fourth-order valence-corrected chi connectivity index (χ4v) is 3.72. The Balaban J connectivity index is 1.34. The maximum absolute atomic E-state index is 12.5. The third-order valence-electron chi connectivity index (χ3n) is 5.26. The minimum Gasteiger partial charge on any atom is -0.493 e. The first-order valence-corrected chi connectivity index (χ1v) is 10.0. The molecule has 1 saturated heterocycles. The quantitative estimate of drug-likeness (QED) is 0.635. The zero-order chi connectivity index (χ0) is 21.8. The van der Waals surface area contributed by atoms with Crippen LogP contribution < -0.4 is 24.4 Å². The third kappa shape index (κ3) is 4.55. The van der Waals surface area contributed by atoms with Gasteiger partial charge in [0.15, 0.2) is 18.1 Å². The summed E-state index contributed by atoms with van der Waals surface area (Å²) in [6.07, 6.45) is 0.232. The van der Waals surface area contributed by atoms with Crippen LogP contribution in [-0.2, 0) is 9.59 Å². The summed E-state index contributed by atoms with van der Waals surface area (Å²) >= 11 is 0. The Hall–Kier alpha value is -3.74. The molecule has 0 spiro atoms. The zero-order valence-electron chi connectivity index (χ0n) is 17.5. The van der Waals surface area contributed by atoms with Crippen LogP contribution in [-0.4, -0.2) is 45.2 Å². The Kier molecular flexibility index (Phi) is 5.93. The lowest BCUT2D eigenvalue weighted by Crippen LogP contribution is -2.39. The molecule has 7 heteroatoms. The van der Waals surface area contributed by atoms with E-state index < -0.39 is 0 Å². The number of amides is 2. The van der Waals surface area contributed by atoms with Crippen LogP contribution in [0.25, 0.3) is 10.8 Å². The molecule has 3 aromatic rings. The number of methoxy groups -OCH3 is 2. The van der Waals surface area contributed by atoms with E-state index in [9.17, 15) is 9.59 Å².